The molecule has 0 bridgehead atoms. The fraction of sp³-hybridized carbons (Fsp3) is 0.500. The van der Waals surface area contributed by atoms with Crippen LogP contribution in [0.4, 0.5) is 0 Å². The van der Waals surface area contributed by atoms with E-state index in [1.807, 2.05) is 0 Å². The summed E-state index contributed by atoms with van der Waals surface area (Å²) in [7, 11) is 1.68. The largest absolute Gasteiger partial charge is 0.326 e. The molecule has 0 aromatic rings. The van der Waals surface area contributed by atoms with Crippen LogP contribution in [0.3, 0.4) is 0 Å². The minimum absolute atomic E-state index is 0.0230. The fourth-order valence-electron chi connectivity index (χ4n) is 1.25. The van der Waals surface area contributed by atoms with Crippen LogP contribution >= 0.6 is 0 Å². The molecule has 1 atom stereocenters. The van der Waals surface area contributed by atoms with Crippen molar-refractivity contribution in [2.45, 2.75) is 13.0 Å². The molecule has 0 aromatic carbocycles. The third-order valence-electron chi connectivity index (χ3n) is 2.02. The van der Waals surface area contributed by atoms with Crippen molar-refractivity contribution < 1.29 is 9.59 Å². The summed E-state index contributed by atoms with van der Waals surface area (Å²) < 4.78 is 0. The molecule has 0 aromatic heterocycles. The quantitative estimate of drug-likeness (QED) is 0.509. The van der Waals surface area contributed by atoms with Crippen LogP contribution < -0.4 is 0 Å². The zero-order chi connectivity index (χ0) is 9.30. The van der Waals surface area contributed by atoms with Gasteiger partial charge in [-0.2, -0.15) is 0 Å². The molecule has 1 saturated heterocycles. The van der Waals surface area contributed by atoms with Gasteiger partial charge in [-0.1, -0.05) is 6.58 Å². The maximum Gasteiger partial charge on any atom is 0.248 e. The van der Waals surface area contributed by atoms with Gasteiger partial charge in [0.15, 0.2) is 0 Å². The van der Waals surface area contributed by atoms with E-state index in [0.29, 0.717) is 6.67 Å². The maximum absolute atomic E-state index is 11.2. The number of carbonyl (C=O) groups is 2. The van der Waals surface area contributed by atoms with E-state index < -0.39 is 0 Å². The van der Waals surface area contributed by atoms with E-state index in [4.69, 9.17) is 0 Å². The second-order valence-corrected chi connectivity index (χ2v) is 2.87. The number of hydrogen-bond donors (Lipinski definition) is 0. The summed E-state index contributed by atoms with van der Waals surface area (Å²) in [6.45, 7) is 5.45. The lowest BCUT2D eigenvalue weighted by Crippen LogP contribution is -2.34. The van der Waals surface area contributed by atoms with Gasteiger partial charge in [-0.05, 0) is 13.0 Å². The van der Waals surface area contributed by atoms with Crippen LogP contribution in [0.25, 0.3) is 0 Å². The second kappa shape index (κ2) is 2.97. The molecular weight excluding hydrogens is 156 g/mol. The van der Waals surface area contributed by atoms with Crippen molar-refractivity contribution >= 4 is 11.8 Å². The van der Waals surface area contributed by atoms with Crippen molar-refractivity contribution in [3.63, 3.8) is 0 Å². The maximum atomic E-state index is 11.2. The number of rotatable bonds is 1. The molecule has 2 amide bonds. The molecular formula is C8H12N2O2. The van der Waals surface area contributed by atoms with Crippen molar-refractivity contribution in [1.29, 1.82) is 0 Å². The Morgan fingerprint density at radius 2 is 2.33 bits per heavy atom. The zero-order valence-electron chi connectivity index (χ0n) is 7.28. The lowest BCUT2D eigenvalue weighted by Gasteiger charge is -2.15. The van der Waals surface area contributed by atoms with E-state index in [-0.39, 0.29) is 17.9 Å². The van der Waals surface area contributed by atoms with Gasteiger partial charge >= 0.3 is 0 Å². The first-order valence-corrected chi connectivity index (χ1v) is 3.76. The Bertz CT molecular complexity index is 237. The molecule has 1 unspecified atom stereocenters. The summed E-state index contributed by atoms with van der Waals surface area (Å²) in [5.41, 5.74) is 0. The monoisotopic (exact) mass is 168 g/mol. The molecule has 0 spiro atoms. The fourth-order valence-corrected chi connectivity index (χ4v) is 1.25. The molecule has 1 aliphatic heterocycles. The van der Waals surface area contributed by atoms with E-state index in [0.717, 1.165) is 0 Å². The third-order valence-corrected chi connectivity index (χ3v) is 2.02. The number of hydrogen-bond acceptors (Lipinski definition) is 2. The van der Waals surface area contributed by atoms with Crippen LogP contribution in [-0.2, 0) is 9.59 Å². The Balaban J connectivity index is 2.77. The number of amides is 2. The van der Waals surface area contributed by atoms with Gasteiger partial charge in [-0.3, -0.25) is 9.59 Å². The minimum Gasteiger partial charge on any atom is -0.326 e. The van der Waals surface area contributed by atoms with Gasteiger partial charge in [0.1, 0.15) is 6.04 Å². The molecule has 0 aliphatic carbocycles. The van der Waals surface area contributed by atoms with Gasteiger partial charge in [0, 0.05) is 7.05 Å². The van der Waals surface area contributed by atoms with Gasteiger partial charge in [-0.25, -0.2) is 0 Å². The lowest BCUT2D eigenvalue weighted by atomic mass is 10.3. The third kappa shape index (κ3) is 1.20. The van der Waals surface area contributed by atoms with E-state index in [9.17, 15) is 9.59 Å². The highest BCUT2D eigenvalue weighted by Gasteiger charge is 2.34. The molecule has 1 fully saturated rings. The first-order valence-electron chi connectivity index (χ1n) is 3.76. The summed E-state index contributed by atoms with van der Waals surface area (Å²) in [6, 6.07) is -0.347. The number of likely N-dealkylation sites (N-methyl/N-ethyl adjacent to an activating group) is 1. The van der Waals surface area contributed by atoms with Crippen LogP contribution in [-0.4, -0.2) is 41.4 Å². The molecule has 1 rings (SSSR count). The number of nitrogens with zero attached hydrogens (tertiary/aromatic N) is 2. The van der Waals surface area contributed by atoms with Gasteiger partial charge < -0.3 is 9.80 Å². The Morgan fingerprint density at radius 1 is 1.75 bits per heavy atom. The summed E-state index contributed by atoms with van der Waals surface area (Å²) >= 11 is 0. The highest BCUT2D eigenvalue weighted by Crippen LogP contribution is 2.12. The highest BCUT2D eigenvalue weighted by molar-refractivity contribution is 5.94. The molecule has 66 valence electrons. The molecule has 4 heteroatoms. The summed E-state index contributed by atoms with van der Waals surface area (Å²) in [4.78, 5) is 25.4. The Morgan fingerprint density at radius 3 is 2.67 bits per heavy atom. The van der Waals surface area contributed by atoms with Crippen LogP contribution in [0.15, 0.2) is 12.7 Å². The Hall–Kier alpha value is -1.32. The van der Waals surface area contributed by atoms with Crippen molar-refractivity contribution in [3.05, 3.63) is 12.7 Å². The molecule has 4 nitrogen and oxygen atoms in total. The number of carbonyl (C=O) groups excluding carboxylic acids is 2. The molecule has 1 aliphatic rings. The summed E-state index contributed by atoms with van der Waals surface area (Å²) in [6.07, 6.45) is 1.23. The smallest absolute Gasteiger partial charge is 0.248 e. The second-order valence-electron chi connectivity index (χ2n) is 2.87. The molecule has 0 saturated carbocycles. The van der Waals surface area contributed by atoms with Crippen molar-refractivity contribution in [1.82, 2.24) is 9.80 Å². The summed E-state index contributed by atoms with van der Waals surface area (Å²) in [5, 5.41) is 0. The van der Waals surface area contributed by atoms with Crippen LogP contribution in [0.1, 0.15) is 6.92 Å². The predicted octanol–water partition coefficient (Wildman–Crippen LogP) is -0.181. The molecule has 12 heavy (non-hydrogen) atoms. The average molecular weight is 168 g/mol. The van der Waals surface area contributed by atoms with Crippen LogP contribution in [0.2, 0.25) is 0 Å². The van der Waals surface area contributed by atoms with Gasteiger partial charge in [0.2, 0.25) is 11.8 Å². The van der Waals surface area contributed by atoms with Crippen molar-refractivity contribution in [3.8, 4) is 0 Å². The first kappa shape index (κ1) is 8.77. The Labute approximate surface area is 71.4 Å². The van der Waals surface area contributed by atoms with E-state index in [2.05, 4.69) is 6.58 Å². The average Bonchev–Trinajstić information content (AvgIpc) is 2.32. The highest BCUT2D eigenvalue weighted by atomic mass is 16.2. The van der Waals surface area contributed by atoms with Crippen molar-refractivity contribution in [2.75, 3.05) is 13.7 Å². The van der Waals surface area contributed by atoms with Gasteiger partial charge in [0.25, 0.3) is 0 Å². The standard InChI is InChI=1S/C8H12N2O2/c1-4-7(11)10-5-9(3)8(12)6(10)2/h4,6H,1,5H2,2-3H3. The molecule has 0 radical (unpaired) electrons. The zero-order valence-corrected chi connectivity index (χ0v) is 7.28. The van der Waals surface area contributed by atoms with Gasteiger partial charge in [-0.15, -0.1) is 0 Å². The SMILES string of the molecule is C=CC(=O)N1CN(C)C(=O)C1C. The predicted molar refractivity (Wildman–Crippen MR) is 44.1 cm³/mol. The lowest BCUT2D eigenvalue weighted by molar-refractivity contribution is -0.131. The normalized spacial score (nSPS) is 23.2. The first-order chi connectivity index (χ1) is 5.57. The Kier molecular flexibility index (Phi) is 2.17. The topological polar surface area (TPSA) is 40.6 Å². The van der Waals surface area contributed by atoms with Crippen LogP contribution in [0.5, 0.6) is 0 Å². The van der Waals surface area contributed by atoms with E-state index >= 15 is 0 Å². The minimum atomic E-state index is -0.347. The summed E-state index contributed by atoms with van der Waals surface area (Å²) in [5.74, 6) is -0.217. The molecule has 0 N–H and O–H groups in total. The van der Waals surface area contributed by atoms with E-state index in [1.165, 1.54) is 15.9 Å². The van der Waals surface area contributed by atoms with Gasteiger partial charge in [0.05, 0.1) is 6.67 Å². The van der Waals surface area contributed by atoms with Crippen LogP contribution in [0, 0.1) is 0 Å². The molecule has 1 heterocycles. The van der Waals surface area contributed by atoms with Crippen molar-refractivity contribution in [2.24, 2.45) is 0 Å². The van der Waals surface area contributed by atoms with E-state index in [1.54, 1.807) is 14.0 Å².